The fourth-order valence-electron chi connectivity index (χ4n) is 3.00. The molecule has 0 spiro atoms. The van der Waals surface area contributed by atoms with E-state index in [2.05, 4.69) is 10.3 Å². The lowest BCUT2D eigenvalue weighted by Crippen LogP contribution is -2.36. The van der Waals surface area contributed by atoms with Crippen molar-refractivity contribution >= 4 is 11.6 Å². The highest BCUT2D eigenvalue weighted by Gasteiger charge is 2.23. The van der Waals surface area contributed by atoms with Crippen LogP contribution in [0.5, 0.6) is 5.75 Å². The Morgan fingerprint density at radius 2 is 2.12 bits per heavy atom. The van der Waals surface area contributed by atoms with Crippen molar-refractivity contribution in [2.45, 2.75) is 39.3 Å². The summed E-state index contributed by atoms with van der Waals surface area (Å²) in [6.45, 7) is 6.09. The van der Waals surface area contributed by atoms with Gasteiger partial charge < -0.3 is 15.8 Å². The molecule has 1 aromatic carbocycles. The van der Waals surface area contributed by atoms with Gasteiger partial charge in [0, 0.05) is 35.3 Å². The van der Waals surface area contributed by atoms with E-state index in [1.807, 2.05) is 51.2 Å². The van der Waals surface area contributed by atoms with Gasteiger partial charge in [0.05, 0.1) is 6.04 Å². The smallest absolute Gasteiger partial charge is 0.241 e. The van der Waals surface area contributed by atoms with Crippen molar-refractivity contribution < 1.29 is 9.53 Å². The van der Waals surface area contributed by atoms with Crippen molar-refractivity contribution in [3.05, 3.63) is 42.2 Å². The monoisotopic (exact) mass is 325 g/mol. The number of fused-ring (bicyclic) bond motifs is 3. The number of rotatable bonds is 4. The molecule has 3 rings (SSSR count). The van der Waals surface area contributed by atoms with E-state index in [0.29, 0.717) is 18.0 Å². The maximum atomic E-state index is 12.2. The predicted octanol–water partition coefficient (Wildman–Crippen LogP) is 3.51. The number of nitrogens with one attached hydrogen (secondary N) is 1. The molecule has 2 heterocycles. The average Bonchev–Trinajstić information content (AvgIpc) is 2.54. The third-order valence-electron chi connectivity index (χ3n) is 4.20. The van der Waals surface area contributed by atoms with Gasteiger partial charge in [0.1, 0.15) is 11.9 Å². The number of anilines is 1. The molecule has 0 saturated heterocycles. The Balaban J connectivity index is 1.83. The number of benzene rings is 1. The molecule has 5 heteroatoms. The van der Waals surface area contributed by atoms with Crippen LogP contribution in [0, 0.1) is 5.92 Å². The highest BCUT2D eigenvalue weighted by molar-refractivity contribution is 5.95. The Hall–Kier alpha value is -2.40. The van der Waals surface area contributed by atoms with Crippen molar-refractivity contribution in [1.82, 2.24) is 4.98 Å². The van der Waals surface area contributed by atoms with E-state index >= 15 is 0 Å². The van der Waals surface area contributed by atoms with Gasteiger partial charge in [-0.05, 0) is 43.0 Å². The Kier molecular flexibility index (Phi) is 4.53. The summed E-state index contributed by atoms with van der Waals surface area (Å²) in [6.07, 6.45) is 4.20. The normalized spacial score (nSPS) is 16.8. The number of ether oxygens (including phenoxy) is 1. The van der Waals surface area contributed by atoms with Gasteiger partial charge in [-0.15, -0.1) is 0 Å². The van der Waals surface area contributed by atoms with Crippen molar-refractivity contribution in [1.29, 1.82) is 0 Å². The molecule has 0 saturated carbocycles. The van der Waals surface area contributed by atoms with Gasteiger partial charge in [0.2, 0.25) is 5.91 Å². The molecule has 2 atom stereocenters. The minimum Gasteiger partial charge on any atom is -0.485 e. The Labute approximate surface area is 142 Å². The van der Waals surface area contributed by atoms with Gasteiger partial charge in [-0.1, -0.05) is 13.8 Å². The number of carbonyl (C=O) groups excluding carboxylic acids is 1. The highest BCUT2D eigenvalue weighted by Crippen LogP contribution is 2.42. The molecule has 5 nitrogen and oxygen atoms in total. The average molecular weight is 325 g/mol. The number of pyridine rings is 1. The van der Waals surface area contributed by atoms with E-state index in [-0.39, 0.29) is 12.0 Å². The third-order valence-corrected chi connectivity index (χ3v) is 4.20. The second kappa shape index (κ2) is 6.61. The zero-order chi connectivity index (χ0) is 17.3. The van der Waals surface area contributed by atoms with Gasteiger partial charge in [0.25, 0.3) is 0 Å². The Morgan fingerprint density at radius 3 is 2.88 bits per heavy atom. The van der Waals surface area contributed by atoms with Gasteiger partial charge >= 0.3 is 0 Å². The summed E-state index contributed by atoms with van der Waals surface area (Å²) in [7, 11) is 0. The molecule has 2 unspecified atom stereocenters. The second-order valence-electron chi connectivity index (χ2n) is 6.66. The van der Waals surface area contributed by atoms with Gasteiger partial charge in [0.15, 0.2) is 0 Å². The molecule has 2 aromatic rings. The molecule has 1 aliphatic rings. The van der Waals surface area contributed by atoms with Crippen LogP contribution in [0.15, 0.2) is 36.7 Å². The molecule has 126 valence electrons. The first-order chi connectivity index (χ1) is 11.5. The lowest BCUT2D eigenvalue weighted by molar-refractivity contribution is -0.117. The summed E-state index contributed by atoms with van der Waals surface area (Å²) in [6, 6.07) is 7.18. The van der Waals surface area contributed by atoms with E-state index in [1.165, 1.54) is 0 Å². The SMILES string of the molecule is CC(C)CC(N)C(=O)Nc1ccc2c(c1)OC(C)c1cnccc1-2. The van der Waals surface area contributed by atoms with Crippen LogP contribution in [0.3, 0.4) is 0 Å². The number of carbonyl (C=O) groups is 1. The van der Waals surface area contributed by atoms with Gasteiger partial charge in [-0.25, -0.2) is 0 Å². The molecule has 1 amide bonds. The van der Waals surface area contributed by atoms with Crippen LogP contribution in [0.1, 0.15) is 38.9 Å². The van der Waals surface area contributed by atoms with E-state index in [9.17, 15) is 4.79 Å². The van der Waals surface area contributed by atoms with E-state index in [1.54, 1.807) is 6.20 Å². The van der Waals surface area contributed by atoms with Crippen LogP contribution in [-0.4, -0.2) is 16.9 Å². The first kappa shape index (κ1) is 16.5. The molecule has 0 bridgehead atoms. The van der Waals surface area contributed by atoms with Crippen molar-refractivity contribution in [2.24, 2.45) is 11.7 Å². The van der Waals surface area contributed by atoms with Crippen LogP contribution in [0.4, 0.5) is 5.69 Å². The molecule has 0 fully saturated rings. The lowest BCUT2D eigenvalue weighted by Gasteiger charge is -2.26. The first-order valence-electron chi connectivity index (χ1n) is 8.27. The van der Waals surface area contributed by atoms with Crippen LogP contribution in [0.2, 0.25) is 0 Å². The molecule has 24 heavy (non-hydrogen) atoms. The van der Waals surface area contributed by atoms with E-state index < -0.39 is 6.04 Å². The number of nitrogens with two attached hydrogens (primary N) is 1. The summed E-state index contributed by atoms with van der Waals surface area (Å²) < 4.78 is 5.98. The van der Waals surface area contributed by atoms with Crippen LogP contribution < -0.4 is 15.8 Å². The van der Waals surface area contributed by atoms with Crippen molar-refractivity contribution in [2.75, 3.05) is 5.32 Å². The minimum absolute atomic E-state index is 0.0738. The number of aromatic nitrogens is 1. The number of nitrogens with zero attached hydrogens (tertiary/aromatic N) is 1. The van der Waals surface area contributed by atoms with Crippen LogP contribution in [-0.2, 0) is 4.79 Å². The molecule has 0 aliphatic carbocycles. The largest absolute Gasteiger partial charge is 0.485 e. The second-order valence-corrected chi connectivity index (χ2v) is 6.66. The maximum absolute atomic E-state index is 12.2. The third kappa shape index (κ3) is 3.26. The van der Waals surface area contributed by atoms with Crippen molar-refractivity contribution in [3.8, 4) is 16.9 Å². The minimum atomic E-state index is -0.507. The summed E-state index contributed by atoms with van der Waals surface area (Å²) >= 11 is 0. The summed E-state index contributed by atoms with van der Waals surface area (Å²) in [5, 5.41) is 2.88. The van der Waals surface area contributed by atoms with E-state index in [0.717, 1.165) is 22.4 Å². The maximum Gasteiger partial charge on any atom is 0.241 e. The molecule has 1 aromatic heterocycles. The lowest BCUT2D eigenvalue weighted by atomic mass is 9.95. The van der Waals surface area contributed by atoms with Crippen LogP contribution in [0.25, 0.3) is 11.1 Å². The standard InChI is InChI=1S/C19H23N3O2/c1-11(2)8-17(20)19(23)22-13-4-5-15-14-6-7-21-10-16(14)12(3)24-18(15)9-13/h4-7,9-12,17H,8,20H2,1-3H3,(H,22,23). The highest BCUT2D eigenvalue weighted by atomic mass is 16.5. The molecular weight excluding hydrogens is 302 g/mol. The zero-order valence-corrected chi connectivity index (χ0v) is 14.2. The van der Waals surface area contributed by atoms with Gasteiger partial charge in [-0.3, -0.25) is 9.78 Å². The molecule has 0 radical (unpaired) electrons. The summed E-state index contributed by atoms with van der Waals surface area (Å²) in [5.74, 6) is 0.970. The molecule has 3 N–H and O–H groups in total. The number of amides is 1. The number of hydrogen-bond acceptors (Lipinski definition) is 4. The zero-order valence-electron chi connectivity index (χ0n) is 14.2. The quantitative estimate of drug-likeness (QED) is 0.902. The van der Waals surface area contributed by atoms with E-state index in [4.69, 9.17) is 10.5 Å². The summed E-state index contributed by atoms with van der Waals surface area (Å²) in [4.78, 5) is 16.4. The van der Waals surface area contributed by atoms with Crippen molar-refractivity contribution in [3.63, 3.8) is 0 Å². The topological polar surface area (TPSA) is 77.2 Å². The first-order valence-corrected chi connectivity index (χ1v) is 8.27. The fourth-order valence-corrected chi connectivity index (χ4v) is 3.00. The van der Waals surface area contributed by atoms with Crippen LogP contribution >= 0.6 is 0 Å². The summed E-state index contributed by atoms with van der Waals surface area (Å²) in [5.41, 5.74) is 9.83. The Morgan fingerprint density at radius 1 is 1.33 bits per heavy atom. The number of hydrogen-bond donors (Lipinski definition) is 2. The Bertz CT molecular complexity index is 758. The predicted molar refractivity (Wildman–Crippen MR) is 94.8 cm³/mol. The fraction of sp³-hybridized carbons (Fsp3) is 0.368. The van der Waals surface area contributed by atoms with Gasteiger partial charge in [-0.2, -0.15) is 0 Å². The molecular formula is C19H23N3O2. The molecule has 1 aliphatic heterocycles.